The third-order valence-corrected chi connectivity index (χ3v) is 5.40. The number of carboxylic acid groups (broad SMARTS) is 2. The zero-order valence-corrected chi connectivity index (χ0v) is 18.4. The van der Waals surface area contributed by atoms with Crippen molar-refractivity contribution in [1.82, 2.24) is 0 Å². The minimum absolute atomic E-state index is 0.0155. The lowest BCUT2D eigenvalue weighted by molar-refractivity contribution is 0.0650. The number of aryl methyl sites for hydroxylation is 1. The molecule has 0 heterocycles. The molecule has 2 atom stereocenters. The van der Waals surface area contributed by atoms with Gasteiger partial charge in [0.2, 0.25) is 0 Å². The Morgan fingerprint density at radius 2 is 1.29 bits per heavy atom. The molecule has 4 heteroatoms. The third-order valence-electron chi connectivity index (χ3n) is 5.40. The maximum Gasteiger partial charge on any atom is 0.336 e. The number of aromatic carboxylic acids is 2. The maximum atomic E-state index is 11.9. The zero-order chi connectivity index (χ0) is 21.4. The summed E-state index contributed by atoms with van der Waals surface area (Å²) in [6.07, 6.45) is 5.49. The van der Waals surface area contributed by atoms with E-state index in [-0.39, 0.29) is 11.1 Å². The van der Waals surface area contributed by atoms with Gasteiger partial charge in [0.05, 0.1) is 11.1 Å². The van der Waals surface area contributed by atoms with Crippen LogP contribution in [0.15, 0.2) is 12.1 Å². The highest BCUT2D eigenvalue weighted by molar-refractivity contribution is 6.03. The summed E-state index contributed by atoms with van der Waals surface area (Å²) in [6.45, 7) is 13.2. The highest BCUT2D eigenvalue weighted by Crippen LogP contribution is 2.27. The Labute approximate surface area is 170 Å². The standard InChI is InChI=1S/C24H38O4/c1-15(2)13-17(5)7-9-19-10-12-21(23(25)26)22(24(27)28)20(19)11-8-18(6)14-16(3)4/h10,12,15-18H,7-9,11,13-14H2,1-6H3,(H,25,26)(H,27,28). The van der Waals surface area contributed by atoms with Gasteiger partial charge >= 0.3 is 11.9 Å². The Kier molecular flexibility index (Phi) is 9.71. The number of rotatable bonds is 12. The minimum Gasteiger partial charge on any atom is -0.478 e. The molecule has 0 radical (unpaired) electrons. The van der Waals surface area contributed by atoms with Crippen molar-refractivity contribution < 1.29 is 19.8 Å². The summed E-state index contributed by atoms with van der Waals surface area (Å²) < 4.78 is 0. The summed E-state index contributed by atoms with van der Waals surface area (Å²) >= 11 is 0. The second-order valence-electron chi connectivity index (χ2n) is 9.28. The first-order valence-corrected chi connectivity index (χ1v) is 10.6. The fraction of sp³-hybridized carbons (Fsp3) is 0.667. The monoisotopic (exact) mass is 390 g/mol. The van der Waals surface area contributed by atoms with E-state index in [1.165, 1.54) is 6.07 Å². The van der Waals surface area contributed by atoms with E-state index in [1.807, 2.05) is 6.07 Å². The van der Waals surface area contributed by atoms with Gasteiger partial charge in [-0.2, -0.15) is 0 Å². The molecule has 158 valence electrons. The van der Waals surface area contributed by atoms with E-state index in [9.17, 15) is 19.8 Å². The molecule has 0 aliphatic carbocycles. The molecule has 0 aromatic heterocycles. The van der Waals surface area contributed by atoms with Crippen LogP contribution in [-0.4, -0.2) is 22.2 Å². The van der Waals surface area contributed by atoms with E-state index in [2.05, 4.69) is 41.5 Å². The number of carboxylic acids is 2. The Morgan fingerprint density at radius 3 is 1.71 bits per heavy atom. The molecule has 0 amide bonds. The number of hydrogen-bond acceptors (Lipinski definition) is 2. The van der Waals surface area contributed by atoms with E-state index in [0.29, 0.717) is 30.1 Å². The molecule has 1 aromatic carbocycles. The van der Waals surface area contributed by atoms with Crippen molar-refractivity contribution in [2.75, 3.05) is 0 Å². The number of carbonyl (C=O) groups is 2. The second-order valence-corrected chi connectivity index (χ2v) is 9.28. The molecule has 0 saturated heterocycles. The van der Waals surface area contributed by atoms with Gasteiger partial charge in [-0.15, -0.1) is 0 Å². The van der Waals surface area contributed by atoms with Gasteiger partial charge in [0.1, 0.15) is 0 Å². The van der Waals surface area contributed by atoms with E-state index in [4.69, 9.17) is 0 Å². The zero-order valence-electron chi connectivity index (χ0n) is 18.4. The molecule has 1 rings (SSSR count). The van der Waals surface area contributed by atoms with E-state index in [1.54, 1.807) is 0 Å². The fourth-order valence-electron chi connectivity index (χ4n) is 4.27. The smallest absolute Gasteiger partial charge is 0.336 e. The van der Waals surface area contributed by atoms with E-state index >= 15 is 0 Å². The van der Waals surface area contributed by atoms with Crippen LogP contribution in [0.4, 0.5) is 0 Å². The molecule has 4 nitrogen and oxygen atoms in total. The quantitative estimate of drug-likeness (QED) is 0.438. The molecule has 0 spiro atoms. The van der Waals surface area contributed by atoms with E-state index < -0.39 is 11.9 Å². The Morgan fingerprint density at radius 1 is 0.786 bits per heavy atom. The average molecular weight is 391 g/mol. The van der Waals surface area contributed by atoms with Crippen LogP contribution >= 0.6 is 0 Å². The van der Waals surface area contributed by atoms with Crippen LogP contribution in [0.3, 0.4) is 0 Å². The number of benzene rings is 1. The molecule has 2 unspecified atom stereocenters. The van der Waals surface area contributed by atoms with Crippen molar-refractivity contribution in [3.8, 4) is 0 Å². The van der Waals surface area contributed by atoms with Gasteiger partial charge < -0.3 is 10.2 Å². The lowest BCUT2D eigenvalue weighted by Gasteiger charge is -2.20. The molecule has 0 aliphatic rings. The van der Waals surface area contributed by atoms with E-state index in [0.717, 1.165) is 43.2 Å². The fourth-order valence-corrected chi connectivity index (χ4v) is 4.27. The number of hydrogen-bond donors (Lipinski definition) is 2. The lowest BCUT2D eigenvalue weighted by Crippen LogP contribution is -2.15. The molecule has 0 saturated carbocycles. The normalized spacial score (nSPS) is 13.7. The molecular formula is C24H38O4. The van der Waals surface area contributed by atoms with Crippen molar-refractivity contribution in [2.45, 2.75) is 80.1 Å². The van der Waals surface area contributed by atoms with Crippen molar-refractivity contribution >= 4 is 11.9 Å². The summed E-state index contributed by atoms with van der Waals surface area (Å²) in [5, 5.41) is 19.2. The Bertz CT molecular complexity index is 661. The second kappa shape index (κ2) is 11.2. The SMILES string of the molecule is CC(C)CC(C)CCc1ccc(C(=O)O)c(C(=O)O)c1CCC(C)CC(C)C. The van der Waals surface area contributed by atoms with Crippen LogP contribution in [0.5, 0.6) is 0 Å². The van der Waals surface area contributed by atoms with Crippen LogP contribution in [0.1, 0.15) is 99.1 Å². The highest BCUT2D eigenvalue weighted by Gasteiger charge is 2.23. The minimum atomic E-state index is -1.17. The predicted octanol–water partition coefficient (Wildman–Crippen LogP) is 6.31. The average Bonchev–Trinajstić information content (AvgIpc) is 2.56. The predicted molar refractivity (Wildman–Crippen MR) is 114 cm³/mol. The summed E-state index contributed by atoms with van der Waals surface area (Å²) in [6, 6.07) is 3.30. The summed E-state index contributed by atoms with van der Waals surface area (Å²) in [7, 11) is 0. The van der Waals surface area contributed by atoms with Gasteiger partial charge in [0.15, 0.2) is 0 Å². The van der Waals surface area contributed by atoms with Gasteiger partial charge in [-0.3, -0.25) is 0 Å². The first-order valence-electron chi connectivity index (χ1n) is 10.6. The van der Waals surface area contributed by atoms with Crippen molar-refractivity contribution in [1.29, 1.82) is 0 Å². The molecule has 28 heavy (non-hydrogen) atoms. The Hall–Kier alpha value is -1.84. The lowest BCUT2D eigenvalue weighted by atomic mass is 9.85. The first-order chi connectivity index (χ1) is 13.0. The molecular weight excluding hydrogens is 352 g/mol. The summed E-state index contributed by atoms with van der Waals surface area (Å²) in [4.78, 5) is 23.5. The van der Waals surface area contributed by atoms with Crippen LogP contribution < -0.4 is 0 Å². The van der Waals surface area contributed by atoms with Crippen LogP contribution in [0.2, 0.25) is 0 Å². The van der Waals surface area contributed by atoms with Gasteiger partial charge in [-0.05, 0) is 79.4 Å². The van der Waals surface area contributed by atoms with Gasteiger partial charge in [0.25, 0.3) is 0 Å². The molecule has 2 N–H and O–H groups in total. The molecule has 0 aliphatic heterocycles. The van der Waals surface area contributed by atoms with Crippen LogP contribution in [0, 0.1) is 23.7 Å². The Balaban J connectivity index is 3.17. The summed E-state index contributed by atoms with van der Waals surface area (Å²) in [5.74, 6) is -0.0523. The highest BCUT2D eigenvalue weighted by atomic mass is 16.4. The largest absolute Gasteiger partial charge is 0.478 e. The van der Waals surface area contributed by atoms with Gasteiger partial charge in [-0.25, -0.2) is 9.59 Å². The van der Waals surface area contributed by atoms with Crippen molar-refractivity contribution in [2.24, 2.45) is 23.7 Å². The first kappa shape index (κ1) is 24.2. The third kappa shape index (κ3) is 7.65. The molecule has 0 bridgehead atoms. The van der Waals surface area contributed by atoms with Gasteiger partial charge in [0, 0.05) is 0 Å². The summed E-state index contributed by atoms with van der Waals surface area (Å²) in [5.41, 5.74) is 1.60. The van der Waals surface area contributed by atoms with Crippen molar-refractivity contribution in [3.63, 3.8) is 0 Å². The van der Waals surface area contributed by atoms with Crippen molar-refractivity contribution in [3.05, 3.63) is 34.4 Å². The molecule has 0 fully saturated rings. The van der Waals surface area contributed by atoms with Gasteiger partial charge in [-0.1, -0.05) is 47.6 Å². The maximum absolute atomic E-state index is 11.9. The van der Waals surface area contributed by atoms with Crippen LogP contribution in [-0.2, 0) is 12.8 Å². The van der Waals surface area contributed by atoms with Crippen LogP contribution in [0.25, 0.3) is 0 Å². The molecule has 1 aromatic rings. The topological polar surface area (TPSA) is 74.6 Å².